The van der Waals surface area contributed by atoms with E-state index in [4.69, 9.17) is 0 Å². The maximum atomic E-state index is 10.3. The van der Waals surface area contributed by atoms with Gasteiger partial charge in [0.25, 0.3) is 0 Å². The second kappa shape index (κ2) is 2.26. The van der Waals surface area contributed by atoms with Gasteiger partial charge in [-0.1, -0.05) is 10.9 Å². The van der Waals surface area contributed by atoms with Gasteiger partial charge in [-0.3, -0.25) is 0 Å². The van der Waals surface area contributed by atoms with E-state index in [1.54, 1.807) is 18.2 Å². The van der Waals surface area contributed by atoms with Crippen LogP contribution in [-0.4, -0.2) is 11.4 Å². The van der Waals surface area contributed by atoms with Gasteiger partial charge in [0.1, 0.15) is 0 Å². The van der Waals surface area contributed by atoms with E-state index in [0.29, 0.717) is 11.4 Å². The molecule has 0 amide bonds. The van der Waals surface area contributed by atoms with Crippen LogP contribution in [0.1, 0.15) is 0 Å². The van der Waals surface area contributed by atoms with Crippen LogP contribution in [0.5, 0.6) is 0 Å². The minimum atomic E-state index is 0.354. The highest BCUT2D eigenvalue weighted by Gasteiger charge is 1.87. The average molecular weight is 110 g/mol. The van der Waals surface area contributed by atoms with Gasteiger partial charge in [0.15, 0.2) is 6.54 Å². The molecule has 0 saturated carbocycles. The second-order valence-corrected chi connectivity index (χ2v) is 1.42. The summed E-state index contributed by atoms with van der Waals surface area (Å²) in [6.07, 6.45) is 6.73. The van der Waals surface area contributed by atoms with E-state index in [-0.39, 0.29) is 0 Å². The lowest BCUT2D eigenvalue weighted by molar-refractivity contribution is -0.515. The molecule has 3 nitrogen and oxygen atoms in total. The summed E-state index contributed by atoms with van der Waals surface area (Å²) in [4.78, 5) is 0.625. The van der Waals surface area contributed by atoms with Gasteiger partial charge in [-0.15, -0.1) is 0 Å². The lowest BCUT2D eigenvalue weighted by Crippen LogP contribution is -1.96. The van der Waals surface area contributed by atoms with Crippen LogP contribution in [0.25, 0.3) is 0 Å². The Hall–Kier alpha value is -1.12. The molecule has 1 rings (SSSR count). The van der Waals surface area contributed by atoms with Gasteiger partial charge in [0.2, 0.25) is 0 Å². The van der Waals surface area contributed by atoms with Crippen LogP contribution in [-0.2, 0) is 0 Å². The molecule has 1 aliphatic heterocycles. The van der Waals surface area contributed by atoms with Crippen molar-refractivity contribution in [3.05, 3.63) is 29.6 Å². The van der Waals surface area contributed by atoms with Gasteiger partial charge in [0, 0.05) is 0 Å². The molecule has 0 N–H and O–H groups in total. The SMILES string of the molecule is [O-][N+]1=NC=CC=CC1. The third kappa shape index (κ3) is 1.18. The number of hydrogen-bond acceptors (Lipinski definition) is 2. The normalized spacial score (nSPS) is 17.8. The Bertz CT molecular complexity index is 158. The molecule has 0 radical (unpaired) electrons. The lowest BCUT2D eigenvalue weighted by atomic mass is 10.5. The highest BCUT2D eigenvalue weighted by Crippen LogP contribution is 1.87. The summed E-state index contributed by atoms with van der Waals surface area (Å²) in [6.45, 7) is 0.354. The van der Waals surface area contributed by atoms with Crippen LogP contribution in [0, 0.1) is 5.21 Å². The van der Waals surface area contributed by atoms with Crippen LogP contribution < -0.4 is 0 Å². The summed E-state index contributed by atoms with van der Waals surface area (Å²) in [6, 6.07) is 0. The van der Waals surface area contributed by atoms with E-state index in [0.717, 1.165) is 0 Å². The first-order chi connectivity index (χ1) is 3.89. The molecule has 0 atom stereocenters. The molecular formula is C5H6N2O. The lowest BCUT2D eigenvalue weighted by Gasteiger charge is -1.90. The van der Waals surface area contributed by atoms with Gasteiger partial charge in [-0.2, -0.15) is 0 Å². The molecule has 0 aromatic heterocycles. The zero-order valence-electron chi connectivity index (χ0n) is 4.32. The van der Waals surface area contributed by atoms with Crippen molar-refractivity contribution in [3.63, 3.8) is 0 Å². The van der Waals surface area contributed by atoms with Crippen LogP contribution in [0.2, 0.25) is 0 Å². The van der Waals surface area contributed by atoms with Gasteiger partial charge in [-0.05, 0) is 17.3 Å². The van der Waals surface area contributed by atoms with Crippen LogP contribution in [0.4, 0.5) is 0 Å². The zero-order valence-corrected chi connectivity index (χ0v) is 4.32. The van der Waals surface area contributed by atoms with Crippen molar-refractivity contribution in [2.45, 2.75) is 0 Å². The summed E-state index contributed by atoms with van der Waals surface area (Å²) in [5.74, 6) is 0. The monoisotopic (exact) mass is 110 g/mol. The van der Waals surface area contributed by atoms with Gasteiger partial charge < -0.3 is 5.21 Å². The van der Waals surface area contributed by atoms with Gasteiger partial charge >= 0.3 is 0 Å². The number of allylic oxidation sites excluding steroid dienone is 2. The summed E-state index contributed by atoms with van der Waals surface area (Å²) in [5, 5.41) is 13.8. The Morgan fingerprint density at radius 1 is 1.50 bits per heavy atom. The summed E-state index contributed by atoms with van der Waals surface area (Å²) in [7, 11) is 0. The summed E-state index contributed by atoms with van der Waals surface area (Å²) in [5.41, 5.74) is 0. The Morgan fingerprint density at radius 2 is 2.38 bits per heavy atom. The van der Waals surface area contributed by atoms with Crippen molar-refractivity contribution in [2.24, 2.45) is 5.11 Å². The Balaban J connectivity index is 2.69. The third-order valence-electron chi connectivity index (χ3n) is 0.790. The molecule has 0 aromatic rings. The minimum Gasteiger partial charge on any atom is -0.599 e. The first kappa shape index (κ1) is 5.03. The first-order valence-corrected chi connectivity index (χ1v) is 2.37. The Morgan fingerprint density at radius 3 is 3.25 bits per heavy atom. The van der Waals surface area contributed by atoms with Crippen molar-refractivity contribution in [3.8, 4) is 0 Å². The van der Waals surface area contributed by atoms with E-state index in [1.807, 2.05) is 0 Å². The summed E-state index contributed by atoms with van der Waals surface area (Å²) < 4.78 is 0. The molecule has 0 aromatic carbocycles. The van der Waals surface area contributed by atoms with Crippen molar-refractivity contribution < 1.29 is 4.86 Å². The average Bonchev–Trinajstić information content (AvgIpc) is 1.94. The number of hydroxylamine groups is 1. The quantitative estimate of drug-likeness (QED) is 0.339. The predicted molar refractivity (Wildman–Crippen MR) is 29.2 cm³/mol. The third-order valence-corrected chi connectivity index (χ3v) is 0.790. The molecular weight excluding hydrogens is 104 g/mol. The molecule has 0 fully saturated rings. The maximum absolute atomic E-state index is 10.3. The van der Waals surface area contributed by atoms with Crippen molar-refractivity contribution in [1.29, 1.82) is 0 Å². The van der Waals surface area contributed by atoms with Crippen LogP contribution in [0.15, 0.2) is 29.5 Å². The highest BCUT2D eigenvalue weighted by atomic mass is 16.5. The Kier molecular flexibility index (Phi) is 1.42. The number of nitrogens with zero attached hydrogens (tertiary/aromatic N) is 2. The molecule has 42 valence electrons. The number of rotatable bonds is 0. The van der Waals surface area contributed by atoms with Crippen LogP contribution >= 0.6 is 0 Å². The standard InChI is InChI=1S/C5H6N2O/c8-7-5-3-1-2-4-6-7/h1-4H,5H2. The fraction of sp³-hybridized carbons (Fsp3) is 0.200. The first-order valence-electron chi connectivity index (χ1n) is 2.37. The molecule has 0 aliphatic carbocycles. The van der Waals surface area contributed by atoms with E-state index >= 15 is 0 Å². The highest BCUT2D eigenvalue weighted by molar-refractivity contribution is 5.01. The minimum absolute atomic E-state index is 0.354. The fourth-order valence-corrected chi connectivity index (χ4v) is 0.439. The molecule has 1 aliphatic rings. The molecule has 3 heteroatoms. The zero-order chi connectivity index (χ0) is 5.82. The molecule has 0 bridgehead atoms. The van der Waals surface area contributed by atoms with Crippen LogP contribution in [0.3, 0.4) is 0 Å². The number of azo groups is 1. The van der Waals surface area contributed by atoms with E-state index < -0.39 is 0 Å². The van der Waals surface area contributed by atoms with Crippen molar-refractivity contribution in [2.75, 3.05) is 6.54 Å². The van der Waals surface area contributed by atoms with E-state index in [9.17, 15) is 5.21 Å². The maximum Gasteiger partial charge on any atom is 0.199 e. The second-order valence-electron chi connectivity index (χ2n) is 1.42. The van der Waals surface area contributed by atoms with Crippen molar-refractivity contribution >= 4 is 0 Å². The molecule has 0 unspecified atom stereocenters. The topological polar surface area (TPSA) is 38.4 Å². The van der Waals surface area contributed by atoms with Gasteiger partial charge in [0.05, 0.1) is 6.20 Å². The van der Waals surface area contributed by atoms with E-state index in [2.05, 4.69) is 5.11 Å². The summed E-state index contributed by atoms with van der Waals surface area (Å²) >= 11 is 0. The predicted octanol–water partition coefficient (Wildman–Crippen LogP) is 1.03. The molecule has 0 saturated heterocycles. The molecule has 8 heavy (non-hydrogen) atoms. The van der Waals surface area contributed by atoms with Gasteiger partial charge in [-0.25, -0.2) is 0 Å². The number of hydrogen-bond donors (Lipinski definition) is 0. The van der Waals surface area contributed by atoms with Crippen molar-refractivity contribution in [1.82, 2.24) is 0 Å². The Labute approximate surface area is 47.2 Å². The molecule has 0 spiro atoms. The van der Waals surface area contributed by atoms with E-state index in [1.165, 1.54) is 6.20 Å². The largest absolute Gasteiger partial charge is 0.599 e. The fourth-order valence-electron chi connectivity index (χ4n) is 0.439. The smallest absolute Gasteiger partial charge is 0.199 e. The molecule has 1 heterocycles.